The lowest BCUT2D eigenvalue weighted by molar-refractivity contribution is -0.137. The Morgan fingerprint density at radius 3 is 1.95 bits per heavy atom. The highest BCUT2D eigenvalue weighted by molar-refractivity contribution is 5.67. The second-order valence-corrected chi connectivity index (χ2v) is 5.97. The van der Waals surface area contributed by atoms with Gasteiger partial charge in [-0.2, -0.15) is 27.1 Å². The van der Waals surface area contributed by atoms with Crippen molar-refractivity contribution in [3.63, 3.8) is 0 Å². The van der Waals surface area contributed by atoms with Crippen LogP contribution in [0.2, 0.25) is 0 Å². The van der Waals surface area contributed by atoms with E-state index in [0.29, 0.717) is 21.5 Å². The van der Waals surface area contributed by atoms with Crippen molar-refractivity contribution in [3.05, 3.63) is 41.7 Å². The Balaban J connectivity index is 2.52. The van der Waals surface area contributed by atoms with Crippen molar-refractivity contribution in [2.75, 3.05) is 0 Å². The second-order valence-electron chi connectivity index (χ2n) is 5.97. The molecule has 0 atom stereocenters. The number of benzene rings is 1. The van der Waals surface area contributed by atoms with Crippen molar-refractivity contribution in [2.24, 2.45) is 0 Å². The molecule has 0 aliphatic rings. The molecule has 0 spiro atoms. The number of alkyl halides is 5. The van der Waals surface area contributed by atoms with Gasteiger partial charge in [0.2, 0.25) is 0 Å². The van der Waals surface area contributed by atoms with E-state index in [1.165, 1.54) is 12.1 Å². The van der Waals surface area contributed by atoms with E-state index in [9.17, 15) is 22.0 Å². The number of hydrogen-bond donors (Lipinski definition) is 0. The molecule has 0 saturated heterocycles. The topological polar surface area (TPSA) is 17.8 Å². The highest BCUT2D eigenvalue weighted by atomic mass is 19.4. The summed E-state index contributed by atoms with van der Waals surface area (Å²) in [6.45, 7) is 2.61. The molecule has 0 unspecified atom stereocenters. The van der Waals surface area contributed by atoms with Gasteiger partial charge < -0.3 is 0 Å². The molecule has 0 fully saturated rings. The summed E-state index contributed by atoms with van der Waals surface area (Å²) in [5.41, 5.74) is -0.0632. The van der Waals surface area contributed by atoms with E-state index in [4.69, 9.17) is 0 Å². The van der Waals surface area contributed by atoms with Crippen LogP contribution in [0.5, 0.6) is 0 Å². The lowest BCUT2D eigenvalue weighted by atomic mass is 9.87. The van der Waals surface area contributed by atoms with Crippen LogP contribution in [0.25, 0.3) is 11.1 Å². The molecule has 2 nitrogen and oxygen atoms in total. The molecule has 0 saturated carbocycles. The molecule has 7 heteroatoms. The van der Waals surface area contributed by atoms with E-state index in [-0.39, 0.29) is 0 Å². The smallest absolute Gasteiger partial charge is 0.211 e. The lowest BCUT2D eigenvalue weighted by Crippen LogP contribution is -2.14. The van der Waals surface area contributed by atoms with Crippen molar-refractivity contribution in [3.8, 4) is 11.1 Å². The minimum atomic E-state index is -4.43. The third-order valence-corrected chi connectivity index (χ3v) is 3.17. The van der Waals surface area contributed by atoms with Crippen LogP contribution in [0.4, 0.5) is 22.0 Å². The Hall–Kier alpha value is -1.92. The fourth-order valence-electron chi connectivity index (χ4n) is 2.10. The van der Waals surface area contributed by atoms with Gasteiger partial charge in [-0.25, -0.2) is 4.68 Å². The van der Waals surface area contributed by atoms with Gasteiger partial charge in [-0.1, -0.05) is 32.9 Å². The van der Waals surface area contributed by atoms with Gasteiger partial charge in [-0.15, -0.1) is 0 Å². The van der Waals surface area contributed by atoms with Gasteiger partial charge in [0.15, 0.2) is 0 Å². The molecule has 1 aromatic carbocycles. The van der Waals surface area contributed by atoms with E-state index >= 15 is 0 Å². The Kier molecular flexibility index (Phi) is 4.02. The average molecular weight is 318 g/mol. The fraction of sp³-hybridized carbons (Fsp3) is 0.400. The first kappa shape index (κ1) is 16.5. The zero-order chi connectivity index (χ0) is 16.7. The van der Waals surface area contributed by atoms with E-state index in [1.807, 2.05) is 0 Å². The number of halogens is 5. The average Bonchev–Trinajstić information content (AvgIpc) is 2.83. The lowest BCUT2D eigenvalue weighted by Gasteiger charge is -2.17. The molecule has 120 valence electrons. The quantitative estimate of drug-likeness (QED) is 0.691. The van der Waals surface area contributed by atoms with E-state index in [0.717, 1.165) is 18.3 Å². The highest BCUT2D eigenvalue weighted by Gasteiger charge is 2.30. The molecule has 0 aliphatic heterocycles. The first-order chi connectivity index (χ1) is 10.00. The normalized spacial score (nSPS) is 13.0. The summed E-state index contributed by atoms with van der Waals surface area (Å²) in [6.07, 6.45) is -3.27. The molecular formula is C15H15F5N2. The molecule has 2 rings (SSSR count). The zero-order valence-electron chi connectivity index (χ0n) is 12.2. The summed E-state index contributed by atoms with van der Waals surface area (Å²) in [6, 6.07) is 4.40. The zero-order valence-corrected chi connectivity index (χ0v) is 12.2. The highest BCUT2D eigenvalue weighted by Crippen LogP contribution is 2.35. The van der Waals surface area contributed by atoms with Gasteiger partial charge in [0.05, 0.1) is 11.3 Å². The summed E-state index contributed by atoms with van der Waals surface area (Å²) >= 11 is 0. The largest absolute Gasteiger partial charge is 0.416 e. The summed E-state index contributed by atoms with van der Waals surface area (Å²) < 4.78 is 63.9. The maximum absolute atomic E-state index is 12.8. The summed E-state index contributed by atoms with van der Waals surface area (Å²) in [4.78, 5) is 0. The summed E-state index contributed by atoms with van der Waals surface area (Å²) in [5, 5.41) is 3.87. The van der Waals surface area contributed by atoms with E-state index in [2.05, 4.69) is 5.10 Å². The van der Waals surface area contributed by atoms with Crippen LogP contribution in [0.1, 0.15) is 38.6 Å². The molecule has 2 aromatic rings. The van der Waals surface area contributed by atoms with Crippen LogP contribution in [-0.2, 0) is 11.6 Å². The van der Waals surface area contributed by atoms with Crippen LogP contribution in [0, 0.1) is 0 Å². The van der Waals surface area contributed by atoms with E-state index in [1.54, 1.807) is 20.8 Å². The Morgan fingerprint density at radius 1 is 1.00 bits per heavy atom. The third-order valence-electron chi connectivity index (χ3n) is 3.17. The molecule has 22 heavy (non-hydrogen) atoms. The van der Waals surface area contributed by atoms with Crippen LogP contribution < -0.4 is 0 Å². The van der Waals surface area contributed by atoms with Gasteiger partial charge in [0, 0.05) is 17.2 Å². The molecule has 1 aromatic heterocycles. The van der Waals surface area contributed by atoms with Gasteiger partial charge in [0.1, 0.15) is 0 Å². The summed E-state index contributed by atoms with van der Waals surface area (Å²) in [7, 11) is 0. The molecule has 0 amide bonds. The maximum Gasteiger partial charge on any atom is 0.416 e. The second kappa shape index (κ2) is 5.37. The van der Waals surface area contributed by atoms with Gasteiger partial charge >= 0.3 is 12.7 Å². The van der Waals surface area contributed by atoms with Crippen molar-refractivity contribution in [1.29, 1.82) is 0 Å². The standard InChI is InChI=1S/C15H15F5N2/c1-14(2,3)12-11(8-22(21-12)13(16)17)9-4-6-10(7-5-9)15(18,19)20/h4-8,13H,1-3H3. The minimum absolute atomic E-state index is 0.404. The van der Waals surface area contributed by atoms with Crippen molar-refractivity contribution in [1.82, 2.24) is 9.78 Å². The number of rotatable bonds is 2. The molecular weight excluding hydrogens is 303 g/mol. The molecule has 0 aliphatic carbocycles. The minimum Gasteiger partial charge on any atom is -0.211 e. The Morgan fingerprint density at radius 2 is 1.55 bits per heavy atom. The molecule has 0 radical (unpaired) electrons. The first-order valence-electron chi connectivity index (χ1n) is 6.55. The van der Waals surface area contributed by atoms with E-state index < -0.39 is 23.7 Å². The number of aromatic nitrogens is 2. The van der Waals surface area contributed by atoms with Gasteiger partial charge in [-0.05, 0) is 17.7 Å². The Bertz CT molecular complexity index is 648. The predicted octanol–water partition coefficient (Wildman–Crippen LogP) is 5.26. The number of hydrogen-bond acceptors (Lipinski definition) is 1. The van der Waals surface area contributed by atoms with Crippen LogP contribution in [0.3, 0.4) is 0 Å². The molecule has 0 N–H and O–H groups in total. The SMILES string of the molecule is CC(C)(C)c1nn(C(F)F)cc1-c1ccc(C(F)(F)F)cc1. The predicted molar refractivity (Wildman–Crippen MR) is 72.6 cm³/mol. The maximum atomic E-state index is 12.8. The number of nitrogens with zero attached hydrogens (tertiary/aromatic N) is 2. The van der Waals surface area contributed by atoms with Crippen LogP contribution in [0.15, 0.2) is 30.5 Å². The molecule has 1 heterocycles. The monoisotopic (exact) mass is 318 g/mol. The van der Waals surface area contributed by atoms with Crippen molar-refractivity contribution < 1.29 is 22.0 Å². The van der Waals surface area contributed by atoms with Crippen molar-refractivity contribution in [2.45, 2.75) is 38.9 Å². The van der Waals surface area contributed by atoms with Gasteiger partial charge in [0.25, 0.3) is 0 Å². The molecule has 0 bridgehead atoms. The Labute approximate surface area is 124 Å². The van der Waals surface area contributed by atoms with Gasteiger partial charge in [-0.3, -0.25) is 0 Å². The van der Waals surface area contributed by atoms with Crippen molar-refractivity contribution >= 4 is 0 Å². The van der Waals surface area contributed by atoms with Crippen LogP contribution in [-0.4, -0.2) is 9.78 Å². The van der Waals surface area contributed by atoms with Crippen LogP contribution >= 0.6 is 0 Å². The third kappa shape index (κ3) is 3.28. The fourth-order valence-corrected chi connectivity index (χ4v) is 2.10. The first-order valence-corrected chi connectivity index (χ1v) is 6.55. The summed E-state index contributed by atoms with van der Waals surface area (Å²) in [5.74, 6) is 0.